The van der Waals surface area contributed by atoms with Gasteiger partial charge in [0.05, 0.1) is 6.04 Å². The molecule has 2 unspecified atom stereocenters. The van der Waals surface area contributed by atoms with Gasteiger partial charge in [-0.2, -0.15) is 0 Å². The van der Waals surface area contributed by atoms with E-state index in [0.717, 1.165) is 44.7 Å². The molecule has 0 aromatic heterocycles. The summed E-state index contributed by atoms with van der Waals surface area (Å²) in [5.74, 6) is 0.247. The summed E-state index contributed by atoms with van der Waals surface area (Å²) in [4.78, 5) is 17.4. The van der Waals surface area contributed by atoms with Gasteiger partial charge in [0.15, 0.2) is 0 Å². The molecule has 0 bridgehead atoms. The summed E-state index contributed by atoms with van der Waals surface area (Å²) in [6.45, 7) is 8.08. The number of amides is 1. The molecule has 4 heteroatoms. The van der Waals surface area contributed by atoms with Gasteiger partial charge in [0.25, 0.3) is 0 Å². The van der Waals surface area contributed by atoms with E-state index < -0.39 is 0 Å². The van der Waals surface area contributed by atoms with Crippen LogP contribution in [0.1, 0.15) is 25.8 Å². The second-order valence-electron chi connectivity index (χ2n) is 6.19. The number of carbonyl (C=O) groups excluding carboxylic acids is 1. The summed E-state index contributed by atoms with van der Waals surface area (Å²) in [7, 11) is 0. The van der Waals surface area contributed by atoms with Crippen LogP contribution in [0.2, 0.25) is 0 Å². The maximum absolute atomic E-state index is 13.0. The average molecular weight is 287 g/mol. The van der Waals surface area contributed by atoms with Crippen molar-refractivity contribution in [3.05, 3.63) is 29.8 Å². The Kier molecular flexibility index (Phi) is 4.27. The van der Waals surface area contributed by atoms with Crippen molar-refractivity contribution in [2.45, 2.75) is 38.8 Å². The van der Waals surface area contributed by atoms with E-state index in [9.17, 15) is 4.79 Å². The first-order chi connectivity index (χ1) is 10.2. The van der Waals surface area contributed by atoms with Crippen LogP contribution in [-0.4, -0.2) is 49.1 Å². The predicted molar refractivity (Wildman–Crippen MR) is 85.6 cm³/mol. The van der Waals surface area contributed by atoms with Gasteiger partial charge in [0.1, 0.15) is 0 Å². The molecule has 0 aliphatic carbocycles. The molecule has 1 N–H and O–H groups in total. The van der Waals surface area contributed by atoms with Crippen LogP contribution in [0.4, 0.5) is 5.69 Å². The number of rotatable bonds is 2. The molecule has 0 spiro atoms. The molecule has 0 radical (unpaired) electrons. The second kappa shape index (κ2) is 6.16. The minimum Gasteiger partial charge on any atom is -0.314 e. The van der Waals surface area contributed by atoms with E-state index in [1.807, 2.05) is 11.0 Å². The first-order valence-corrected chi connectivity index (χ1v) is 8.04. The predicted octanol–water partition coefficient (Wildman–Crippen LogP) is 1.65. The maximum Gasteiger partial charge on any atom is 0.244 e. The molecule has 1 fully saturated rings. The number of piperazine rings is 1. The van der Waals surface area contributed by atoms with Crippen molar-refractivity contribution in [1.82, 2.24) is 10.2 Å². The van der Waals surface area contributed by atoms with Crippen LogP contribution in [0, 0.1) is 0 Å². The van der Waals surface area contributed by atoms with E-state index in [4.69, 9.17) is 0 Å². The third kappa shape index (κ3) is 2.83. The Balaban J connectivity index is 1.83. The number of nitrogens with one attached hydrogen (secondary N) is 1. The topological polar surface area (TPSA) is 35.6 Å². The Morgan fingerprint density at radius 3 is 2.76 bits per heavy atom. The molecule has 0 saturated carbocycles. The molecule has 1 aromatic rings. The molecule has 2 aliphatic rings. The minimum atomic E-state index is -0.0410. The van der Waals surface area contributed by atoms with Crippen molar-refractivity contribution >= 4 is 11.6 Å². The number of nitrogens with zero attached hydrogens (tertiary/aromatic N) is 2. The summed E-state index contributed by atoms with van der Waals surface area (Å²) in [5.41, 5.74) is 2.42. The van der Waals surface area contributed by atoms with Gasteiger partial charge < -0.3 is 10.2 Å². The fourth-order valence-corrected chi connectivity index (χ4v) is 3.45. The SMILES string of the molecule is CC(C(=O)N1c2ccccc2CCC1C)N1CCNCC1. The zero-order valence-corrected chi connectivity index (χ0v) is 13.0. The lowest BCUT2D eigenvalue weighted by Crippen LogP contribution is -2.55. The third-order valence-electron chi connectivity index (χ3n) is 4.82. The second-order valence-corrected chi connectivity index (χ2v) is 6.19. The van der Waals surface area contributed by atoms with E-state index in [1.165, 1.54) is 5.56 Å². The van der Waals surface area contributed by atoms with Crippen LogP contribution in [0.15, 0.2) is 24.3 Å². The lowest BCUT2D eigenvalue weighted by Gasteiger charge is -2.40. The zero-order chi connectivity index (χ0) is 14.8. The van der Waals surface area contributed by atoms with Crippen molar-refractivity contribution in [2.75, 3.05) is 31.1 Å². The van der Waals surface area contributed by atoms with Crippen LogP contribution >= 0.6 is 0 Å². The van der Waals surface area contributed by atoms with Crippen LogP contribution in [0.25, 0.3) is 0 Å². The quantitative estimate of drug-likeness (QED) is 0.898. The molecule has 2 aliphatic heterocycles. The summed E-state index contributed by atoms with van der Waals surface area (Å²) in [6, 6.07) is 8.59. The van der Waals surface area contributed by atoms with Gasteiger partial charge in [-0.15, -0.1) is 0 Å². The van der Waals surface area contributed by atoms with E-state index in [-0.39, 0.29) is 18.0 Å². The van der Waals surface area contributed by atoms with E-state index in [1.54, 1.807) is 0 Å². The number of hydrogen-bond acceptors (Lipinski definition) is 3. The van der Waals surface area contributed by atoms with Crippen LogP contribution in [-0.2, 0) is 11.2 Å². The molecule has 4 nitrogen and oxygen atoms in total. The Labute approximate surface area is 127 Å². The number of fused-ring (bicyclic) bond motifs is 1. The van der Waals surface area contributed by atoms with Gasteiger partial charge in [-0.05, 0) is 38.3 Å². The number of para-hydroxylation sites is 1. The highest BCUT2D eigenvalue weighted by Crippen LogP contribution is 2.31. The van der Waals surface area contributed by atoms with Gasteiger partial charge >= 0.3 is 0 Å². The summed E-state index contributed by atoms with van der Waals surface area (Å²) < 4.78 is 0. The minimum absolute atomic E-state index is 0.0410. The zero-order valence-electron chi connectivity index (χ0n) is 13.0. The number of aryl methyl sites for hydroxylation is 1. The molecule has 1 amide bonds. The van der Waals surface area contributed by atoms with Crippen LogP contribution in [0.3, 0.4) is 0 Å². The molecular weight excluding hydrogens is 262 g/mol. The van der Waals surface area contributed by atoms with Crippen LogP contribution < -0.4 is 10.2 Å². The third-order valence-corrected chi connectivity index (χ3v) is 4.82. The monoisotopic (exact) mass is 287 g/mol. The number of carbonyl (C=O) groups is 1. The van der Waals surface area contributed by atoms with E-state index in [2.05, 4.69) is 42.3 Å². The highest BCUT2D eigenvalue weighted by molar-refractivity contribution is 5.98. The van der Waals surface area contributed by atoms with Gasteiger partial charge in [-0.3, -0.25) is 9.69 Å². The lowest BCUT2D eigenvalue weighted by atomic mass is 9.95. The van der Waals surface area contributed by atoms with Crippen molar-refractivity contribution < 1.29 is 4.79 Å². The Morgan fingerprint density at radius 2 is 2.00 bits per heavy atom. The molecular formula is C17H25N3O. The molecule has 1 aromatic carbocycles. The Bertz CT molecular complexity index is 511. The fourth-order valence-electron chi connectivity index (χ4n) is 3.45. The highest BCUT2D eigenvalue weighted by Gasteiger charge is 2.33. The first kappa shape index (κ1) is 14.5. The summed E-state index contributed by atoms with van der Waals surface area (Å²) in [6.07, 6.45) is 2.13. The summed E-state index contributed by atoms with van der Waals surface area (Å²) in [5, 5.41) is 3.35. The largest absolute Gasteiger partial charge is 0.314 e. The molecule has 2 heterocycles. The molecule has 1 saturated heterocycles. The average Bonchev–Trinajstić information content (AvgIpc) is 2.54. The first-order valence-electron chi connectivity index (χ1n) is 8.04. The number of hydrogen-bond donors (Lipinski definition) is 1. The van der Waals surface area contributed by atoms with Gasteiger partial charge in [-0.1, -0.05) is 18.2 Å². The van der Waals surface area contributed by atoms with Gasteiger partial charge in [0, 0.05) is 37.9 Å². The van der Waals surface area contributed by atoms with Crippen molar-refractivity contribution in [2.24, 2.45) is 0 Å². The maximum atomic E-state index is 13.0. The van der Waals surface area contributed by atoms with Crippen molar-refractivity contribution in [3.8, 4) is 0 Å². The van der Waals surface area contributed by atoms with E-state index >= 15 is 0 Å². The molecule has 21 heavy (non-hydrogen) atoms. The standard InChI is InChI=1S/C17H25N3O/c1-13-7-8-15-5-3-4-6-16(15)20(13)17(21)14(2)19-11-9-18-10-12-19/h3-6,13-14,18H,7-12H2,1-2H3. The Hall–Kier alpha value is -1.39. The molecule has 114 valence electrons. The van der Waals surface area contributed by atoms with Gasteiger partial charge in [0.2, 0.25) is 5.91 Å². The number of anilines is 1. The number of benzene rings is 1. The summed E-state index contributed by atoms with van der Waals surface area (Å²) >= 11 is 0. The lowest BCUT2D eigenvalue weighted by molar-refractivity contribution is -0.124. The van der Waals surface area contributed by atoms with Crippen molar-refractivity contribution in [1.29, 1.82) is 0 Å². The molecule has 3 rings (SSSR count). The Morgan fingerprint density at radius 1 is 1.29 bits per heavy atom. The van der Waals surface area contributed by atoms with Crippen molar-refractivity contribution in [3.63, 3.8) is 0 Å². The normalized spacial score (nSPS) is 24.5. The van der Waals surface area contributed by atoms with Crippen LogP contribution in [0.5, 0.6) is 0 Å². The molecule has 2 atom stereocenters. The fraction of sp³-hybridized carbons (Fsp3) is 0.588. The van der Waals surface area contributed by atoms with Gasteiger partial charge in [-0.25, -0.2) is 0 Å². The highest BCUT2D eigenvalue weighted by atomic mass is 16.2. The van der Waals surface area contributed by atoms with E-state index in [0.29, 0.717) is 0 Å². The smallest absolute Gasteiger partial charge is 0.244 e.